The Morgan fingerprint density at radius 2 is 1.81 bits per heavy atom. The van der Waals surface area contributed by atoms with E-state index in [0.717, 1.165) is 24.5 Å². The Labute approximate surface area is 152 Å². The second-order valence-electron chi connectivity index (χ2n) is 5.43. The van der Waals surface area contributed by atoms with E-state index in [1.165, 1.54) is 18.3 Å². The first kappa shape index (κ1) is 20.4. The van der Waals surface area contributed by atoms with E-state index in [1.807, 2.05) is 0 Å². The Kier molecular flexibility index (Phi) is 5.88. The molecule has 146 valence electrons. The van der Waals surface area contributed by atoms with E-state index >= 15 is 0 Å². The molecule has 0 unspecified atom stereocenters. The maximum Gasteiger partial charge on any atom is 0.419 e. The van der Waals surface area contributed by atoms with Gasteiger partial charge in [0.15, 0.2) is 9.84 Å². The minimum atomic E-state index is -4.58. The van der Waals surface area contributed by atoms with Gasteiger partial charge in [-0.3, -0.25) is 10.1 Å². The van der Waals surface area contributed by atoms with Crippen molar-refractivity contribution in [1.29, 1.82) is 0 Å². The molecule has 0 saturated carbocycles. The summed E-state index contributed by atoms with van der Waals surface area (Å²) in [6, 6.07) is 5.80. The summed E-state index contributed by atoms with van der Waals surface area (Å²) in [4.78, 5) is 13.6. The number of anilines is 2. The number of nitro benzene ring substituents is 1. The molecule has 0 aliphatic heterocycles. The van der Waals surface area contributed by atoms with Crippen molar-refractivity contribution in [1.82, 2.24) is 4.98 Å². The Bertz CT molecular complexity index is 948. The number of nitro groups is 1. The van der Waals surface area contributed by atoms with Gasteiger partial charge in [0, 0.05) is 25.5 Å². The first-order valence-corrected chi connectivity index (χ1v) is 9.38. The smallest absolute Gasteiger partial charge is 0.378 e. The second kappa shape index (κ2) is 7.78. The number of alkyl halides is 3. The Hall–Kier alpha value is -2.89. The topological polar surface area (TPSA) is 114 Å². The molecule has 0 aliphatic carbocycles. The van der Waals surface area contributed by atoms with Crippen LogP contribution in [-0.4, -0.2) is 37.7 Å². The van der Waals surface area contributed by atoms with Gasteiger partial charge in [-0.1, -0.05) is 6.07 Å². The third kappa shape index (κ3) is 5.06. The highest BCUT2D eigenvalue weighted by Crippen LogP contribution is 2.34. The first-order valence-electron chi connectivity index (χ1n) is 7.49. The van der Waals surface area contributed by atoms with E-state index < -0.39 is 37.1 Å². The van der Waals surface area contributed by atoms with Crippen LogP contribution in [0.5, 0.6) is 0 Å². The third-order valence-electron chi connectivity index (χ3n) is 3.43. The number of nitrogens with zero attached hydrogens (tertiary/aromatic N) is 2. The summed E-state index contributed by atoms with van der Waals surface area (Å²) >= 11 is 0. The van der Waals surface area contributed by atoms with Gasteiger partial charge in [0.05, 0.1) is 10.5 Å². The molecular formula is C15H15F3N4O4S. The number of aromatic nitrogens is 1. The average molecular weight is 404 g/mol. The zero-order chi connectivity index (χ0) is 20.2. The van der Waals surface area contributed by atoms with Crippen LogP contribution < -0.4 is 10.6 Å². The minimum Gasteiger partial charge on any atom is -0.378 e. The van der Waals surface area contributed by atoms with E-state index in [4.69, 9.17) is 0 Å². The van der Waals surface area contributed by atoms with Gasteiger partial charge in [-0.15, -0.1) is 0 Å². The van der Waals surface area contributed by atoms with E-state index in [9.17, 15) is 31.7 Å². The maximum absolute atomic E-state index is 12.9. The Morgan fingerprint density at radius 1 is 1.15 bits per heavy atom. The molecular weight excluding hydrogens is 389 g/mol. The number of rotatable bonds is 7. The number of para-hydroxylation sites is 1. The molecule has 1 aromatic carbocycles. The van der Waals surface area contributed by atoms with Crippen molar-refractivity contribution in [3.05, 3.63) is 52.2 Å². The van der Waals surface area contributed by atoms with E-state index in [1.54, 1.807) is 0 Å². The second-order valence-corrected chi connectivity index (χ2v) is 7.42. The van der Waals surface area contributed by atoms with Crippen LogP contribution in [0.3, 0.4) is 0 Å². The number of sulfone groups is 1. The van der Waals surface area contributed by atoms with Gasteiger partial charge in [0.2, 0.25) is 0 Å². The summed E-state index contributed by atoms with van der Waals surface area (Å²) in [5.74, 6) is -0.369. The lowest BCUT2D eigenvalue weighted by Gasteiger charge is -2.14. The zero-order valence-corrected chi connectivity index (χ0v) is 14.8. The molecule has 2 rings (SSSR count). The zero-order valence-electron chi connectivity index (χ0n) is 13.9. The van der Waals surface area contributed by atoms with E-state index in [0.29, 0.717) is 0 Å². The lowest BCUT2D eigenvalue weighted by atomic mass is 10.2. The average Bonchev–Trinajstić information content (AvgIpc) is 2.57. The standard InChI is InChI=1S/C15H15F3N4O4S/c1-27(25,26)12-6-2-5-11(13(12)22(23)24)19-8-9-21-14-10(15(16,17)18)4-3-7-20-14/h2-7,19H,8-9H2,1H3,(H,20,21). The molecule has 8 nitrogen and oxygen atoms in total. The Morgan fingerprint density at radius 3 is 2.41 bits per heavy atom. The van der Waals surface area contributed by atoms with Crippen LogP contribution in [0.15, 0.2) is 41.4 Å². The summed E-state index contributed by atoms with van der Waals surface area (Å²) < 4.78 is 62.1. The van der Waals surface area contributed by atoms with Gasteiger partial charge in [-0.05, 0) is 24.3 Å². The highest BCUT2D eigenvalue weighted by atomic mass is 32.2. The number of hydrogen-bond acceptors (Lipinski definition) is 7. The fourth-order valence-corrected chi connectivity index (χ4v) is 3.17. The van der Waals surface area contributed by atoms with Gasteiger partial charge in [-0.25, -0.2) is 13.4 Å². The molecule has 0 radical (unpaired) electrons. The monoisotopic (exact) mass is 404 g/mol. The van der Waals surface area contributed by atoms with Crippen LogP contribution in [-0.2, 0) is 16.0 Å². The summed E-state index contributed by atoms with van der Waals surface area (Å²) in [6.07, 6.45) is -2.53. The number of halogens is 3. The number of benzene rings is 1. The normalized spacial score (nSPS) is 11.9. The molecule has 0 spiro atoms. The summed E-state index contributed by atoms with van der Waals surface area (Å²) in [5, 5.41) is 16.4. The van der Waals surface area contributed by atoms with Crippen molar-refractivity contribution < 1.29 is 26.5 Å². The van der Waals surface area contributed by atoms with Crippen molar-refractivity contribution in [2.75, 3.05) is 30.0 Å². The summed E-state index contributed by atoms with van der Waals surface area (Å²) in [7, 11) is -3.83. The SMILES string of the molecule is CS(=O)(=O)c1cccc(NCCNc2ncccc2C(F)(F)F)c1[N+](=O)[O-]. The van der Waals surface area contributed by atoms with E-state index in [-0.39, 0.29) is 24.6 Å². The van der Waals surface area contributed by atoms with Crippen molar-refractivity contribution in [3.8, 4) is 0 Å². The molecule has 0 atom stereocenters. The lowest BCUT2D eigenvalue weighted by molar-refractivity contribution is -0.386. The van der Waals surface area contributed by atoms with Gasteiger partial charge >= 0.3 is 11.9 Å². The summed E-state index contributed by atoms with van der Waals surface area (Å²) in [5.41, 5.74) is -1.61. The summed E-state index contributed by atoms with van der Waals surface area (Å²) in [6.45, 7) is -0.0533. The van der Waals surface area contributed by atoms with Gasteiger partial charge < -0.3 is 10.6 Å². The molecule has 2 N–H and O–H groups in total. The molecule has 27 heavy (non-hydrogen) atoms. The molecule has 0 aliphatic rings. The van der Waals surface area contributed by atoms with Gasteiger partial charge in [0.1, 0.15) is 16.4 Å². The van der Waals surface area contributed by atoms with Crippen LogP contribution in [0.25, 0.3) is 0 Å². The fourth-order valence-electron chi connectivity index (χ4n) is 2.31. The molecule has 12 heteroatoms. The predicted octanol–water partition coefficient (Wildman–Crippen LogP) is 2.94. The van der Waals surface area contributed by atoms with Crippen LogP contribution in [0.4, 0.5) is 30.4 Å². The molecule has 2 aromatic rings. The third-order valence-corrected chi connectivity index (χ3v) is 4.56. The number of pyridine rings is 1. The largest absolute Gasteiger partial charge is 0.419 e. The van der Waals surface area contributed by atoms with Crippen molar-refractivity contribution in [2.45, 2.75) is 11.1 Å². The Balaban J connectivity index is 2.13. The van der Waals surface area contributed by atoms with Crippen LogP contribution in [0.2, 0.25) is 0 Å². The predicted molar refractivity (Wildman–Crippen MR) is 92.4 cm³/mol. The number of nitrogens with one attached hydrogen (secondary N) is 2. The lowest BCUT2D eigenvalue weighted by Crippen LogP contribution is -2.18. The van der Waals surface area contributed by atoms with Gasteiger partial charge in [-0.2, -0.15) is 13.2 Å². The molecule has 0 bridgehead atoms. The van der Waals surface area contributed by atoms with Crippen LogP contribution in [0, 0.1) is 10.1 Å². The fraction of sp³-hybridized carbons (Fsp3) is 0.267. The molecule has 1 heterocycles. The van der Waals surface area contributed by atoms with Crippen LogP contribution >= 0.6 is 0 Å². The van der Waals surface area contributed by atoms with Crippen molar-refractivity contribution >= 4 is 27.0 Å². The van der Waals surface area contributed by atoms with Crippen LogP contribution in [0.1, 0.15) is 5.56 Å². The molecule has 0 amide bonds. The minimum absolute atomic E-state index is 0.0120. The highest BCUT2D eigenvalue weighted by Gasteiger charge is 2.34. The molecule has 0 fully saturated rings. The van der Waals surface area contributed by atoms with Gasteiger partial charge in [0.25, 0.3) is 0 Å². The quantitative estimate of drug-likeness (QED) is 0.414. The molecule has 0 saturated heterocycles. The van der Waals surface area contributed by atoms with Crippen molar-refractivity contribution in [2.24, 2.45) is 0 Å². The number of hydrogen-bond donors (Lipinski definition) is 2. The molecule has 1 aromatic heterocycles. The first-order chi connectivity index (χ1) is 12.5. The maximum atomic E-state index is 12.9. The highest BCUT2D eigenvalue weighted by molar-refractivity contribution is 7.90. The van der Waals surface area contributed by atoms with Crippen molar-refractivity contribution in [3.63, 3.8) is 0 Å². The van der Waals surface area contributed by atoms with E-state index in [2.05, 4.69) is 15.6 Å².